The molecule has 3 fully saturated rings. The first kappa shape index (κ1) is 29.0. The zero-order valence-corrected chi connectivity index (χ0v) is 23.1. The van der Waals surface area contributed by atoms with Crippen LogP contribution in [0.1, 0.15) is 71.3 Å². The second kappa shape index (κ2) is 12.0. The van der Waals surface area contributed by atoms with Gasteiger partial charge in [-0.15, -0.1) is 0 Å². The maximum absolute atomic E-state index is 12.6. The van der Waals surface area contributed by atoms with Crippen LogP contribution < -0.4 is 21.5 Å². The van der Waals surface area contributed by atoms with Gasteiger partial charge in [0, 0.05) is 19.0 Å². The van der Waals surface area contributed by atoms with Crippen molar-refractivity contribution >= 4 is 24.2 Å². The highest BCUT2D eigenvalue weighted by Crippen LogP contribution is 2.55. The van der Waals surface area contributed by atoms with Gasteiger partial charge in [-0.1, -0.05) is 30.3 Å². The Hall–Kier alpha value is -3.02. The first-order valence-corrected chi connectivity index (χ1v) is 13.7. The molecule has 4 N–H and O–H groups in total. The molecule has 0 unspecified atom stereocenters. The molecule has 1 aromatic rings. The molecule has 0 radical (unpaired) electrons. The summed E-state index contributed by atoms with van der Waals surface area (Å²) >= 11 is 0. The van der Waals surface area contributed by atoms with Gasteiger partial charge in [0.25, 0.3) is 0 Å². The van der Waals surface area contributed by atoms with E-state index in [-0.39, 0.29) is 48.7 Å². The number of carbonyl (C=O) groups excluding carboxylic acids is 4. The summed E-state index contributed by atoms with van der Waals surface area (Å²) in [6.07, 6.45) is 4.77. The number of hydrogen-bond acceptors (Lipinski definition) is 8. The van der Waals surface area contributed by atoms with Gasteiger partial charge >= 0.3 is 6.09 Å². The number of nitrogens with one attached hydrogen (secondary N) is 4. The Bertz CT molecular complexity index is 1030. The Labute approximate surface area is 229 Å². The van der Waals surface area contributed by atoms with Crippen LogP contribution in [-0.4, -0.2) is 65.6 Å². The third-order valence-corrected chi connectivity index (χ3v) is 7.59. The third kappa shape index (κ3) is 8.48. The lowest BCUT2D eigenvalue weighted by atomic mass is 9.83. The summed E-state index contributed by atoms with van der Waals surface area (Å²) in [5.74, 6) is -0.655. The molecule has 0 bridgehead atoms. The van der Waals surface area contributed by atoms with Crippen LogP contribution in [0, 0.1) is 5.41 Å². The molecular weight excluding hydrogens is 502 g/mol. The van der Waals surface area contributed by atoms with Gasteiger partial charge in [-0.25, -0.2) is 4.79 Å². The number of nitrogens with zero attached hydrogens (tertiary/aromatic N) is 1. The highest BCUT2D eigenvalue weighted by atomic mass is 16.7. The van der Waals surface area contributed by atoms with E-state index in [2.05, 4.69) is 21.5 Å². The molecule has 3 amide bonds. The number of rotatable bonds is 11. The summed E-state index contributed by atoms with van der Waals surface area (Å²) < 4.78 is 5.28. The molecule has 4 rings (SSSR count). The van der Waals surface area contributed by atoms with E-state index >= 15 is 0 Å². The molecule has 2 atom stereocenters. The average molecular weight is 544 g/mol. The van der Waals surface area contributed by atoms with Crippen LogP contribution in [0.3, 0.4) is 0 Å². The standard InChI is InChI=1S/C28H41N5O6/c1-26(2,3)39-25(37)30-28(11-12-28)17-24(36)32-31-23(35)15-21-16-27(9-10-27)22(18-29-21)33(13-14-34)38-19-20-7-5-4-6-8-20/h4-8,14,21-22,29H,9-13,15-19H2,1-3H3,(H,30,37)(H,31,35)(H,32,36)/t21-,22+/m1/s1. The normalized spacial score (nSPS) is 22.6. The van der Waals surface area contributed by atoms with Crippen molar-refractivity contribution in [3.05, 3.63) is 35.9 Å². The van der Waals surface area contributed by atoms with Crippen molar-refractivity contribution in [3.63, 3.8) is 0 Å². The Morgan fingerprint density at radius 3 is 2.38 bits per heavy atom. The molecule has 11 nitrogen and oxygen atoms in total. The van der Waals surface area contributed by atoms with Gasteiger partial charge < -0.3 is 20.2 Å². The monoisotopic (exact) mass is 543 g/mol. The number of piperidine rings is 1. The van der Waals surface area contributed by atoms with Crippen LogP contribution in [0.25, 0.3) is 0 Å². The topological polar surface area (TPSA) is 138 Å². The SMILES string of the molecule is CC(C)(C)OC(=O)NC1(CC(=O)NNC(=O)C[C@@H]2CC3(CC3)[C@@H](N(CC=O)OCc3ccccc3)CN2)CC1. The van der Waals surface area contributed by atoms with Crippen molar-refractivity contribution in [3.8, 4) is 0 Å². The number of aldehydes is 1. The minimum absolute atomic E-state index is 0.00479. The van der Waals surface area contributed by atoms with Crippen LogP contribution in [0.5, 0.6) is 0 Å². The maximum atomic E-state index is 12.6. The van der Waals surface area contributed by atoms with E-state index in [9.17, 15) is 19.2 Å². The number of ether oxygens (including phenoxy) is 1. The van der Waals surface area contributed by atoms with Gasteiger partial charge in [-0.2, -0.15) is 5.06 Å². The lowest BCUT2D eigenvalue weighted by Crippen LogP contribution is -2.57. The van der Waals surface area contributed by atoms with Gasteiger partial charge in [-0.3, -0.25) is 25.3 Å². The number of hydrogen-bond donors (Lipinski definition) is 4. The van der Waals surface area contributed by atoms with E-state index in [4.69, 9.17) is 9.57 Å². The number of hydroxylamine groups is 2. The fourth-order valence-corrected chi connectivity index (χ4v) is 5.30. The number of amides is 3. The molecule has 1 aliphatic heterocycles. The first-order chi connectivity index (χ1) is 18.5. The molecule has 1 spiro atoms. The van der Waals surface area contributed by atoms with Crippen LogP contribution in [0.2, 0.25) is 0 Å². The fraction of sp³-hybridized carbons (Fsp3) is 0.643. The molecule has 3 aliphatic rings. The lowest BCUT2D eigenvalue weighted by molar-refractivity contribution is -0.210. The molecule has 2 aliphatic carbocycles. The highest BCUT2D eigenvalue weighted by molar-refractivity contribution is 5.83. The fourth-order valence-electron chi connectivity index (χ4n) is 5.30. The van der Waals surface area contributed by atoms with Crippen LogP contribution >= 0.6 is 0 Å². The van der Waals surface area contributed by atoms with Crippen molar-refractivity contribution in [2.45, 2.75) is 95.5 Å². The number of hydrazine groups is 1. The minimum Gasteiger partial charge on any atom is -0.444 e. The molecule has 11 heteroatoms. The smallest absolute Gasteiger partial charge is 0.408 e. The van der Waals surface area contributed by atoms with Crippen molar-refractivity contribution in [2.24, 2.45) is 5.41 Å². The Morgan fingerprint density at radius 1 is 1.08 bits per heavy atom. The van der Waals surface area contributed by atoms with E-state index < -0.39 is 17.2 Å². The van der Waals surface area contributed by atoms with Crippen LogP contribution in [0.4, 0.5) is 4.79 Å². The van der Waals surface area contributed by atoms with E-state index in [0.29, 0.717) is 26.0 Å². The highest BCUT2D eigenvalue weighted by Gasteiger charge is 2.55. The van der Waals surface area contributed by atoms with Crippen LogP contribution in [-0.2, 0) is 30.6 Å². The average Bonchev–Trinajstić information content (AvgIpc) is 3.79. The molecule has 0 aromatic heterocycles. The summed E-state index contributed by atoms with van der Waals surface area (Å²) in [4.78, 5) is 54.6. The predicted molar refractivity (Wildman–Crippen MR) is 143 cm³/mol. The number of carbonyl (C=O) groups is 4. The molecule has 1 aromatic carbocycles. The summed E-state index contributed by atoms with van der Waals surface area (Å²) in [6, 6.07) is 9.83. The van der Waals surface area contributed by atoms with Gasteiger partial charge in [0.1, 0.15) is 11.9 Å². The zero-order valence-electron chi connectivity index (χ0n) is 23.1. The molecular formula is C28H41N5O6. The predicted octanol–water partition coefficient (Wildman–Crippen LogP) is 2.11. The molecule has 1 saturated heterocycles. The molecule has 1 heterocycles. The van der Waals surface area contributed by atoms with E-state index in [1.807, 2.05) is 30.3 Å². The summed E-state index contributed by atoms with van der Waals surface area (Å²) in [5, 5.41) is 8.01. The Balaban J connectivity index is 1.20. The van der Waals surface area contributed by atoms with Gasteiger partial charge in [0.2, 0.25) is 11.8 Å². The van der Waals surface area contributed by atoms with E-state index in [1.54, 1.807) is 25.8 Å². The maximum Gasteiger partial charge on any atom is 0.408 e. The number of benzene rings is 1. The quantitative estimate of drug-likeness (QED) is 0.246. The van der Waals surface area contributed by atoms with Crippen molar-refractivity contribution < 1.29 is 28.8 Å². The lowest BCUT2D eigenvalue weighted by Gasteiger charge is -2.42. The largest absolute Gasteiger partial charge is 0.444 e. The summed E-state index contributed by atoms with van der Waals surface area (Å²) in [5.41, 5.74) is 4.78. The summed E-state index contributed by atoms with van der Waals surface area (Å²) in [7, 11) is 0. The molecule has 39 heavy (non-hydrogen) atoms. The zero-order chi connectivity index (χ0) is 28.1. The van der Waals surface area contributed by atoms with Gasteiger partial charge in [0.15, 0.2) is 0 Å². The van der Waals surface area contributed by atoms with E-state index in [0.717, 1.165) is 31.1 Å². The second-order valence-corrected chi connectivity index (χ2v) is 12.1. The first-order valence-electron chi connectivity index (χ1n) is 13.7. The van der Waals surface area contributed by atoms with Crippen molar-refractivity contribution in [1.29, 1.82) is 0 Å². The van der Waals surface area contributed by atoms with Gasteiger partial charge in [0.05, 0.1) is 31.2 Å². The Morgan fingerprint density at radius 2 is 1.77 bits per heavy atom. The van der Waals surface area contributed by atoms with Crippen molar-refractivity contribution in [1.82, 2.24) is 26.5 Å². The van der Waals surface area contributed by atoms with Gasteiger partial charge in [-0.05, 0) is 63.9 Å². The van der Waals surface area contributed by atoms with Crippen LogP contribution in [0.15, 0.2) is 30.3 Å². The summed E-state index contributed by atoms with van der Waals surface area (Å²) in [6.45, 7) is 6.51. The van der Waals surface area contributed by atoms with Crippen molar-refractivity contribution in [2.75, 3.05) is 13.1 Å². The number of alkyl carbamates (subject to hydrolysis) is 1. The molecule has 2 saturated carbocycles. The third-order valence-electron chi connectivity index (χ3n) is 7.59. The minimum atomic E-state index is -0.620. The molecule has 214 valence electrons. The Kier molecular flexibility index (Phi) is 8.93. The van der Waals surface area contributed by atoms with E-state index in [1.165, 1.54) is 0 Å². The second-order valence-electron chi connectivity index (χ2n) is 12.1.